The molecule has 2 aliphatic heterocycles. The summed E-state index contributed by atoms with van der Waals surface area (Å²) in [4.78, 5) is 31.6. The first-order valence-electron chi connectivity index (χ1n) is 13.3. The Kier molecular flexibility index (Phi) is 7.13. The van der Waals surface area contributed by atoms with Crippen LogP contribution in [0.3, 0.4) is 0 Å². The molecule has 208 valence electrons. The Balaban J connectivity index is 1.33. The van der Waals surface area contributed by atoms with Crippen molar-refractivity contribution >= 4 is 22.3 Å². The highest BCUT2D eigenvalue weighted by atomic mass is 16.6. The number of nitrogens with one attached hydrogen (secondary N) is 1. The van der Waals surface area contributed by atoms with Crippen molar-refractivity contribution in [3.05, 3.63) is 80.4 Å². The van der Waals surface area contributed by atoms with E-state index in [0.717, 1.165) is 30.5 Å². The molecule has 0 bridgehead atoms. The third-order valence-electron chi connectivity index (χ3n) is 7.69. The van der Waals surface area contributed by atoms with Crippen LogP contribution in [0.1, 0.15) is 30.3 Å². The molecule has 1 N–H and O–H groups in total. The maximum Gasteiger partial charge on any atom is 0.269 e. The summed E-state index contributed by atoms with van der Waals surface area (Å²) in [7, 11) is 1.59. The number of nitro benzene ring substituents is 1. The van der Waals surface area contributed by atoms with Crippen molar-refractivity contribution < 1.29 is 14.4 Å². The largest absolute Gasteiger partial charge is 0.497 e. The molecule has 6 rings (SSSR count). The molecule has 40 heavy (non-hydrogen) atoms. The number of rotatable bonds is 8. The van der Waals surface area contributed by atoms with Crippen molar-refractivity contribution in [1.82, 2.24) is 30.1 Å². The number of pyridine rings is 1. The lowest BCUT2D eigenvalue weighted by molar-refractivity contribution is -0.384. The molecule has 2 aliphatic rings. The maximum atomic E-state index is 13.5. The number of tetrazole rings is 1. The number of aromatic amines is 1. The van der Waals surface area contributed by atoms with Crippen LogP contribution in [-0.2, 0) is 11.3 Å². The molecular weight excluding hydrogens is 516 g/mol. The van der Waals surface area contributed by atoms with Crippen LogP contribution in [0.4, 0.5) is 11.4 Å². The van der Waals surface area contributed by atoms with Crippen LogP contribution < -0.4 is 15.2 Å². The number of anilines is 1. The SMILES string of the molecule is COc1ccc2cc([C@H](c3nnnn3C[C@H]3CCCO3)N3CCN(c4ccc([N+](=O)[O-])cc4)CC3)c(=O)[nH]c2c1. The predicted octanol–water partition coefficient (Wildman–Crippen LogP) is 2.52. The van der Waals surface area contributed by atoms with Gasteiger partial charge in [0.25, 0.3) is 11.2 Å². The van der Waals surface area contributed by atoms with Crippen LogP contribution in [0.15, 0.2) is 53.3 Å². The van der Waals surface area contributed by atoms with Crippen LogP contribution in [0.2, 0.25) is 0 Å². The highest BCUT2D eigenvalue weighted by Crippen LogP contribution is 2.30. The fourth-order valence-corrected chi connectivity index (χ4v) is 5.57. The fourth-order valence-electron chi connectivity index (χ4n) is 5.57. The van der Waals surface area contributed by atoms with Crippen molar-refractivity contribution in [3.63, 3.8) is 0 Å². The summed E-state index contributed by atoms with van der Waals surface area (Å²) in [5, 5.41) is 24.6. The second-order valence-electron chi connectivity index (χ2n) is 10.1. The van der Waals surface area contributed by atoms with Crippen LogP contribution in [0.25, 0.3) is 10.9 Å². The molecule has 0 unspecified atom stereocenters. The number of nitrogens with zero attached hydrogens (tertiary/aromatic N) is 7. The van der Waals surface area contributed by atoms with Gasteiger partial charge in [-0.05, 0) is 59.0 Å². The average molecular weight is 547 g/mol. The Bertz CT molecular complexity index is 1560. The van der Waals surface area contributed by atoms with E-state index in [1.807, 2.05) is 18.2 Å². The molecule has 2 aromatic heterocycles. The number of aromatic nitrogens is 5. The monoisotopic (exact) mass is 546 g/mol. The molecule has 2 saturated heterocycles. The van der Waals surface area contributed by atoms with Gasteiger partial charge in [0.2, 0.25) is 0 Å². The zero-order valence-corrected chi connectivity index (χ0v) is 22.1. The smallest absolute Gasteiger partial charge is 0.269 e. The van der Waals surface area contributed by atoms with Gasteiger partial charge in [-0.2, -0.15) is 0 Å². The number of hydrogen-bond acceptors (Lipinski definition) is 10. The quantitative estimate of drug-likeness (QED) is 0.258. The van der Waals surface area contributed by atoms with Crippen molar-refractivity contribution in [1.29, 1.82) is 0 Å². The number of non-ortho nitro benzene ring substituents is 1. The molecule has 2 aromatic carbocycles. The number of ether oxygens (including phenoxy) is 2. The normalized spacial score (nSPS) is 18.7. The molecule has 13 nitrogen and oxygen atoms in total. The minimum atomic E-state index is -0.481. The van der Waals surface area contributed by atoms with Crippen LogP contribution in [-0.4, -0.2) is 81.0 Å². The minimum absolute atomic E-state index is 0.0317. The Labute approximate surface area is 229 Å². The third kappa shape index (κ3) is 5.12. The summed E-state index contributed by atoms with van der Waals surface area (Å²) in [6.45, 7) is 3.85. The van der Waals surface area contributed by atoms with E-state index >= 15 is 0 Å². The summed E-state index contributed by atoms with van der Waals surface area (Å²) in [5.74, 6) is 1.26. The molecule has 0 aliphatic carbocycles. The Morgan fingerprint density at radius 2 is 1.95 bits per heavy atom. The molecule has 0 spiro atoms. The lowest BCUT2D eigenvalue weighted by Gasteiger charge is -2.39. The summed E-state index contributed by atoms with van der Waals surface area (Å²) in [5.41, 5.74) is 2.02. The van der Waals surface area contributed by atoms with E-state index in [-0.39, 0.29) is 17.4 Å². The molecule has 2 atom stereocenters. The van der Waals surface area contributed by atoms with Gasteiger partial charge in [0.05, 0.1) is 30.2 Å². The van der Waals surface area contributed by atoms with Crippen molar-refractivity contribution in [2.24, 2.45) is 0 Å². The van der Waals surface area contributed by atoms with Crippen molar-refractivity contribution in [3.8, 4) is 5.75 Å². The van der Waals surface area contributed by atoms with E-state index in [1.165, 1.54) is 12.1 Å². The first-order valence-corrected chi connectivity index (χ1v) is 13.3. The molecule has 13 heteroatoms. The molecule has 2 fully saturated rings. The summed E-state index contributed by atoms with van der Waals surface area (Å²) in [6.07, 6.45) is 1.98. The number of hydrogen-bond donors (Lipinski definition) is 1. The lowest BCUT2D eigenvalue weighted by Crippen LogP contribution is -2.49. The standard InChI is InChI=1S/C27H30N8O5/c1-39-21-9-4-18-15-23(27(36)28-24(18)16-21)25(26-29-30-31-34(26)17-22-3-2-14-40-22)33-12-10-32(11-13-33)19-5-7-20(8-6-19)35(37)38/h4-9,15-16,22,25H,2-3,10-14,17H2,1H3,(H,28,36)/t22-,25-/m1/s1. The molecular formula is C27H30N8O5. The van der Waals surface area contributed by atoms with Crippen LogP contribution in [0, 0.1) is 10.1 Å². The summed E-state index contributed by atoms with van der Waals surface area (Å²) < 4.78 is 12.9. The van der Waals surface area contributed by atoms with E-state index in [4.69, 9.17) is 9.47 Å². The maximum absolute atomic E-state index is 13.5. The van der Waals surface area contributed by atoms with Gasteiger partial charge in [0.1, 0.15) is 11.8 Å². The number of nitro groups is 1. The van der Waals surface area contributed by atoms with Crippen molar-refractivity contribution in [2.75, 3.05) is 44.8 Å². The fraction of sp³-hybridized carbons (Fsp3) is 0.407. The van der Waals surface area contributed by atoms with Crippen LogP contribution in [0.5, 0.6) is 5.75 Å². The van der Waals surface area contributed by atoms with E-state index in [0.29, 0.717) is 55.4 Å². The van der Waals surface area contributed by atoms with E-state index < -0.39 is 11.0 Å². The minimum Gasteiger partial charge on any atom is -0.497 e. The van der Waals surface area contributed by atoms with Gasteiger partial charge >= 0.3 is 0 Å². The average Bonchev–Trinajstić information content (AvgIpc) is 3.66. The molecule has 0 saturated carbocycles. The molecule has 0 radical (unpaired) electrons. The molecule has 4 aromatic rings. The molecule has 4 heterocycles. The Hall–Kier alpha value is -4.36. The first kappa shape index (κ1) is 25.9. The number of methoxy groups -OCH3 is 1. The zero-order valence-electron chi connectivity index (χ0n) is 22.1. The Morgan fingerprint density at radius 1 is 1.15 bits per heavy atom. The predicted molar refractivity (Wildman–Crippen MR) is 147 cm³/mol. The van der Waals surface area contributed by atoms with E-state index in [2.05, 4.69) is 30.3 Å². The second-order valence-corrected chi connectivity index (χ2v) is 10.1. The van der Waals surface area contributed by atoms with Gasteiger partial charge in [-0.15, -0.1) is 5.10 Å². The third-order valence-corrected chi connectivity index (χ3v) is 7.69. The lowest BCUT2D eigenvalue weighted by atomic mass is 10.0. The van der Waals surface area contributed by atoms with Gasteiger partial charge in [0, 0.05) is 62.2 Å². The molecule has 0 amide bonds. The zero-order chi connectivity index (χ0) is 27.6. The number of fused-ring (bicyclic) bond motifs is 1. The first-order chi connectivity index (χ1) is 19.5. The number of benzene rings is 2. The van der Waals surface area contributed by atoms with Gasteiger partial charge < -0.3 is 19.4 Å². The van der Waals surface area contributed by atoms with Crippen LogP contribution >= 0.6 is 0 Å². The van der Waals surface area contributed by atoms with Gasteiger partial charge in [-0.1, -0.05) is 0 Å². The highest BCUT2D eigenvalue weighted by Gasteiger charge is 2.33. The number of piperazine rings is 1. The Morgan fingerprint density at radius 3 is 2.65 bits per heavy atom. The second kappa shape index (κ2) is 11.0. The summed E-state index contributed by atoms with van der Waals surface area (Å²) >= 11 is 0. The van der Waals surface area contributed by atoms with E-state index in [1.54, 1.807) is 30.0 Å². The van der Waals surface area contributed by atoms with Crippen molar-refractivity contribution in [2.45, 2.75) is 31.5 Å². The van der Waals surface area contributed by atoms with Gasteiger partial charge in [0.15, 0.2) is 5.82 Å². The number of H-pyrrole nitrogens is 1. The van der Waals surface area contributed by atoms with E-state index in [9.17, 15) is 14.9 Å². The highest BCUT2D eigenvalue weighted by molar-refractivity contribution is 5.80. The topological polar surface area (TPSA) is 145 Å². The summed E-state index contributed by atoms with van der Waals surface area (Å²) in [6, 6.07) is 13.6. The van der Waals surface area contributed by atoms with Gasteiger partial charge in [-0.3, -0.25) is 19.8 Å². The van der Waals surface area contributed by atoms with Gasteiger partial charge in [-0.25, -0.2) is 4.68 Å².